The van der Waals surface area contributed by atoms with E-state index >= 15 is 0 Å². The Labute approximate surface area is 629 Å². The number of nitrogens with zero attached hydrogens (tertiary/aromatic N) is 1. The lowest BCUT2D eigenvalue weighted by Crippen LogP contribution is -2.40. The highest BCUT2D eigenvalue weighted by atomic mass is 16.7. The van der Waals surface area contributed by atoms with Gasteiger partial charge in [-0.2, -0.15) is 0 Å². The summed E-state index contributed by atoms with van der Waals surface area (Å²) >= 11 is 0. The standard InChI is InChI=1S/C94H139NO8/c1-6-8-10-12-14-16-18-20-22-24-26-28-30-32-34-36-38-40-42-44-45-46-47-49-51-53-55-57-59-61-63-65-67-69-71-73-75-77-79-81-83-85-92(97)103-90(89-102-94(93(98)99)100-87-86-95(3,4)5)88-101-91(96)84-82-80-78-76-74-72-70-68-66-64-62-60-58-56-54-52-50-48-43-41-39-37-35-33-31-29-27-25-23-21-19-17-15-13-11-9-7-2/h8-11,14-17,20-23,26-29,32-35,38-41,44-45,47-50,53-56,59-62,65-68,71-74,90,94H,6-7,12-13,18-19,24-25,30-31,36-37,42-43,46,51-52,57-58,63-64,69-70,75-89H2,1-5H3/p+1/b10-8-,11-9-,16-14-,17-15-,22-20-,23-21-,28-26-,29-27-,34-32-,35-33-,40-38-,41-39-,45-44-,49-47-,50-48-,55-53-,56-54-,61-59-,62-60-,67-65-,68-66-,73-71-,74-72-. The van der Waals surface area contributed by atoms with Crippen molar-refractivity contribution in [3.05, 3.63) is 279 Å². The van der Waals surface area contributed by atoms with Crippen LogP contribution in [0, 0.1) is 0 Å². The van der Waals surface area contributed by atoms with Crippen molar-refractivity contribution in [1.82, 2.24) is 0 Å². The maximum absolute atomic E-state index is 13.0. The van der Waals surface area contributed by atoms with Crippen LogP contribution in [0.4, 0.5) is 0 Å². The minimum absolute atomic E-state index is 0.160. The molecule has 0 aromatic carbocycles. The predicted octanol–water partition coefficient (Wildman–Crippen LogP) is 25.7. The molecule has 9 nitrogen and oxygen atoms in total. The van der Waals surface area contributed by atoms with Gasteiger partial charge in [0, 0.05) is 12.8 Å². The molecule has 0 radical (unpaired) electrons. The van der Waals surface area contributed by atoms with Crippen molar-refractivity contribution in [3.63, 3.8) is 0 Å². The topological polar surface area (TPSA) is 108 Å². The number of carbonyl (C=O) groups is 3. The van der Waals surface area contributed by atoms with Crippen LogP contribution in [0.25, 0.3) is 0 Å². The highest BCUT2D eigenvalue weighted by Gasteiger charge is 2.25. The molecule has 0 aliphatic heterocycles. The number of rotatable bonds is 68. The molecule has 0 aliphatic carbocycles. The summed E-state index contributed by atoms with van der Waals surface area (Å²) in [6.07, 6.45) is 130. The summed E-state index contributed by atoms with van der Waals surface area (Å²) in [4.78, 5) is 37.7. The van der Waals surface area contributed by atoms with Gasteiger partial charge in [0.1, 0.15) is 13.2 Å². The van der Waals surface area contributed by atoms with E-state index in [1.807, 2.05) is 21.1 Å². The summed E-state index contributed by atoms with van der Waals surface area (Å²) < 4.78 is 22.9. The van der Waals surface area contributed by atoms with Crippen LogP contribution in [0.15, 0.2) is 279 Å². The summed E-state index contributed by atoms with van der Waals surface area (Å²) in [7, 11) is 5.93. The second-order valence-electron chi connectivity index (χ2n) is 25.8. The smallest absolute Gasteiger partial charge is 0.361 e. The molecule has 0 aromatic rings. The van der Waals surface area contributed by atoms with Gasteiger partial charge >= 0.3 is 17.9 Å². The minimum Gasteiger partial charge on any atom is -0.477 e. The number of allylic oxidation sites excluding steroid dienone is 46. The van der Waals surface area contributed by atoms with Crippen LogP contribution in [0.5, 0.6) is 0 Å². The van der Waals surface area contributed by atoms with Gasteiger partial charge < -0.3 is 28.5 Å². The third-order valence-corrected chi connectivity index (χ3v) is 15.2. The summed E-state index contributed by atoms with van der Waals surface area (Å²) in [5.74, 6) is -2.12. The number of carboxylic acid groups (broad SMARTS) is 1. The third kappa shape index (κ3) is 81.5. The first-order chi connectivity index (χ1) is 50.6. The highest BCUT2D eigenvalue weighted by molar-refractivity contribution is 5.71. The van der Waals surface area contributed by atoms with E-state index in [2.05, 4.69) is 293 Å². The summed E-state index contributed by atoms with van der Waals surface area (Å²) in [6, 6.07) is 0. The van der Waals surface area contributed by atoms with E-state index in [0.717, 1.165) is 193 Å². The molecule has 0 fully saturated rings. The first kappa shape index (κ1) is 95.3. The fourth-order valence-electron chi connectivity index (χ4n) is 9.29. The molecule has 0 saturated carbocycles. The van der Waals surface area contributed by atoms with Crippen molar-refractivity contribution in [2.75, 3.05) is 47.5 Å². The van der Waals surface area contributed by atoms with Crippen LogP contribution in [-0.2, 0) is 33.3 Å². The Morgan fingerprint density at radius 1 is 0.291 bits per heavy atom. The van der Waals surface area contributed by atoms with Crippen molar-refractivity contribution in [3.8, 4) is 0 Å². The number of carbonyl (C=O) groups excluding carboxylic acids is 2. The van der Waals surface area contributed by atoms with Gasteiger partial charge in [-0.3, -0.25) is 9.59 Å². The summed E-state index contributed by atoms with van der Waals surface area (Å²) in [5.41, 5.74) is 0. The first-order valence-corrected chi connectivity index (χ1v) is 39.1. The number of esters is 2. The Hall–Kier alpha value is -7.69. The van der Waals surface area contributed by atoms with E-state index in [1.165, 1.54) is 0 Å². The summed E-state index contributed by atoms with van der Waals surface area (Å²) in [6.45, 7) is 4.53. The molecule has 9 heteroatoms. The molecule has 103 heavy (non-hydrogen) atoms. The SMILES string of the molecule is CC/C=C\C/C=C\C/C=C\C/C=C\C/C=C\C/C=C\C/C=C\C/C=C\C/C=C\C/C=C\C/C=C\C/C=C\CCCCCCC(=O)OC(COC(=O)CCCCC/C=C\C/C=C\C/C=C\C/C=C\C/C=C\C/C=C\C/C=C\C/C=C\C/C=C\C/C=C\C/C=C\CC)COC(OCC[N+](C)(C)C)C(=O)O. The molecule has 2 atom stereocenters. The number of likely N-dealkylation sites (N-methyl/N-ethyl adjacent to an activating group) is 1. The number of ether oxygens (including phenoxy) is 4. The van der Waals surface area contributed by atoms with Gasteiger partial charge in [-0.15, -0.1) is 0 Å². The number of carboxylic acids is 1. The molecule has 0 bridgehead atoms. The zero-order valence-corrected chi connectivity index (χ0v) is 64.8. The van der Waals surface area contributed by atoms with Crippen LogP contribution in [0.3, 0.4) is 0 Å². The molecule has 568 valence electrons. The zero-order valence-electron chi connectivity index (χ0n) is 64.8. The van der Waals surface area contributed by atoms with Crippen molar-refractivity contribution >= 4 is 17.9 Å². The number of unbranched alkanes of at least 4 members (excludes halogenated alkanes) is 7. The monoisotopic (exact) mass is 1410 g/mol. The Kier molecular flexibility index (Phi) is 74.0. The van der Waals surface area contributed by atoms with Crippen LogP contribution in [0.1, 0.15) is 232 Å². The summed E-state index contributed by atoms with van der Waals surface area (Å²) in [5, 5.41) is 9.77. The molecule has 0 aliphatic rings. The van der Waals surface area contributed by atoms with Crippen LogP contribution < -0.4 is 0 Å². The molecular weight excluding hydrogens is 1270 g/mol. The molecule has 0 rings (SSSR count). The van der Waals surface area contributed by atoms with E-state index in [9.17, 15) is 19.5 Å². The molecule has 0 heterocycles. The van der Waals surface area contributed by atoms with Crippen molar-refractivity contribution in [2.45, 2.75) is 245 Å². The maximum atomic E-state index is 13.0. The second kappa shape index (κ2) is 80.0. The fraction of sp³-hybridized carbons (Fsp3) is 0.479. The van der Waals surface area contributed by atoms with Crippen LogP contribution in [0.2, 0.25) is 0 Å². The molecule has 0 amide bonds. The Morgan fingerprint density at radius 2 is 0.524 bits per heavy atom. The maximum Gasteiger partial charge on any atom is 0.361 e. The lowest BCUT2D eigenvalue weighted by molar-refractivity contribution is -0.870. The lowest BCUT2D eigenvalue weighted by Gasteiger charge is -2.25. The number of aliphatic carboxylic acids is 1. The van der Waals surface area contributed by atoms with Gasteiger partial charge in [-0.1, -0.05) is 313 Å². The average molecular weight is 1410 g/mol. The fourth-order valence-corrected chi connectivity index (χ4v) is 9.29. The second-order valence-corrected chi connectivity index (χ2v) is 25.8. The van der Waals surface area contributed by atoms with Gasteiger partial charge in [0.15, 0.2) is 6.10 Å². The van der Waals surface area contributed by atoms with Crippen molar-refractivity contribution in [2.24, 2.45) is 0 Å². The van der Waals surface area contributed by atoms with Crippen molar-refractivity contribution < 1.29 is 42.9 Å². The highest BCUT2D eigenvalue weighted by Crippen LogP contribution is 2.12. The lowest BCUT2D eigenvalue weighted by atomic mass is 10.1. The molecular formula is C94H140NO8+. The van der Waals surface area contributed by atoms with E-state index in [1.54, 1.807) is 0 Å². The van der Waals surface area contributed by atoms with E-state index in [-0.39, 0.29) is 32.7 Å². The Morgan fingerprint density at radius 3 is 0.777 bits per heavy atom. The van der Waals surface area contributed by atoms with Crippen molar-refractivity contribution in [1.29, 1.82) is 0 Å². The number of quaternary nitrogens is 1. The molecule has 1 N–H and O–H groups in total. The average Bonchev–Trinajstić information content (AvgIpc) is 1.01. The molecule has 0 saturated heterocycles. The van der Waals surface area contributed by atoms with Gasteiger partial charge in [0.2, 0.25) is 0 Å². The molecule has 0 spiro atoms. The molecule has 2 unspecified atom stereocenters. The van der Waals surface area contributed by atoms with Gasteiger partial charge in [-0.25, -0.2) is 4.79 Å². The minimum atomic E-state index is -1.55. The Balaban J connectivity index is 4.31. The van der Waals surface area contributed by atoms with E-state index in [0.29, 0.717) is 23.9 Å². The van der Waals surface area contributed by atoms with Gasteiger partial charge in [0.25, 0.3) is 6.29 Å². The predicted molar refractivity (Wildman–Crippen MR) is 446 cm³/mol. The number of hydrogen-bond donors (Lipinski definition) is 1. The first-order valence-electron chi connectivity index (χ1n) is 39.1. The van der Waals surface area contributed by atoms with E-state index < -0.39 is 30.3 Å². The van der Waals surface area contributed by atoms with Gasteiger partial charge in [0.05, 0.1) is 34.4 Å². The normalized spacial score (nSPS) is 14.2. The quantitative estimate of drug-likeness (QED) is 0.0211. The third-order valence-electron chi connectivity index (χ3n) is 15.2. The largest absolute Gasteiger partial charge is 0.477 e. The Bertz CT molecular complexity index is 2760. The van der Waals surface area contributed by atoms with Gasteiger partial charge in [-0.05, 0) is 186 Å². The molecule has 0 aromatic heterocycles. The van der Waals surface area contributed by atoms with Crippen LogP contribution >= 0.6 is 0 Å². The number of hydrogen-bond acceptors (Lipinski definition) is 7. The van der Waals surface area contributed by atoms with E-state index in [4.69, 9.17) is 18.9 Å². The van der Waals surface area contributed by atoms with Crippen LogP contribution in [-0.4, -0.2) is 87.4 Å². The zero-order chi connectivity index (χ0) is 74.6.